The predicted molar refractivity (Wildman–Crippen MR) is 128 cm³/mol. The highest BCUT2D eigenvalue weighted by Gasteiger charge is 2.19. The minimum atomic E-state index is 0. The Morgan fingerprint density at radius 3 is 2.48 bits per heavy atom. The molecular weight excluding hydrogens is 479 g/mol. The molecule has 1 aromatic carbocycles. The molecule has 2 heterocycles. The molecule has 0 spiro atoms. The summed E-state index contributed by atoms with van der Waals surface area (Å²) in [7, 11) is 5.47. The number of piperidine rings is 1. The Kier molecular flexibility index (Phi) is 9.72. The minimum absolute atomic E-state index is 0. The van der Waals surface area contributed by atoms with Crippen molar-refractivity contribution in [3.05, 3.63) is 47.8 Å². The molecule has 0 radical (unpaired) electrons. The summed E-state index contributed by atoms with van der Waals surface area (Å²) in [6.07, 6.45) is 4.23. The molecule has 8 heteroatoms. The van der Waals surface area contributed by atoms with Gasteiger partial charge in [0, 0.05) is 33.4 Å². The average Bonchev–Trinajstić information content (AvgIpc) is 3.14. The van der Waals surface area contributed by atoms with E-state index in [2.05, 4.69) is 37.8 Å². The van der Waals surface area contributed by atoms with Crippen molar-refractivity contribution in [3.63, 3.8) is 0 Å². The third-order valence-electron chi connectivity index (χ3n) is 5.41. The number of hydrogen-bond donors (Lipinski definition) is 2. The van der Waals surface area contributed by atoms with Crippen LogP contribution in [0.15, 0.2) is 41.5 Å². The van der Waals surface area contributed by atoms with Crippen molar-refractivity contribution in [2.75, 3.05) is 33.8 Å². The van der Waals surface area contributed by atoms with Crippen molar-refractivity contribution < 1.29 is 4.74 Å². The first-order valence-corrected chi connectivity index (χ1v) is 9.94. The number of methoxy groups -OCH3 is 1. The molecule has 1 saturated heterocycles. The first kappa shape index (κ1) is 23.5. The molecule has 1 aliphatic rings. The highest BCUT2D eigenvalue weighted by molar-refractivity contribution is 14.0. The van der Waals surface area contributed by atoms with Gasteiger partial charge < -0.3 is 15.4 Å². The number of likely N-dealkylation sites (tertiary alicyclic amines) is 1. The standard InChI is InChI=1S/C21H32N6O.HI/c1-22-21(24-15-19-8-11-25-26(19)2)23-14-17-9-12-27(13-10-17)16-18-4-6-20(28-3)7-5-18;/h4-8,11,17H,9-10,12-16H2,1-3H3,(H2,22,23,24);1H. The number of nitrogens with zero attached hydrogens (tertiary/aromatic N) is 4. The highest BCUT2D eigenvalue weighted by Crippen LogP contribution is 2.19. The molecule has 0 atom stereocenters. The molecular formula is C21H33IN6O. The maximum Gasteiger partial charge on any atom is 0.191 e. The van der Waals surface area contributed by atoms with Crippen molar-refractivity contribution in [2.45, 2.75) is 25.9 Å². The van der Waals surface area contributed by atoms with Gasteiger partial charge in [-0.3, -0.25) is 14.6 Å². The van der Waals surface area contributed by atoms with Crippen molar-refractivity contribution in [3.8, 4) is 5.75 Å². The number of rotatable bonds is 7. The fourth-order valence-electron chi connectivity index (χ4n) is 3.55. The molecule has 0 aliphatic carbocycles. The van der Waals surface area contributed by atoms with Gasteiger partial charge in [-0.1, -0.05) is 12.1 Å². The van der Waals surface area contributed by atoms with E-state index in [-0.39, 0.29) is 24.0 Å². The largest absolute Gasteiger partial charge is 0.497 e. The fraction of sp³-hybridized carbons (Fsp3) is 0.524. The van der Waals surface area contributed by atoms with Gasteiger partial charge in [-0.15, -0.1) is 24.0 Å². The second-order valence-electron chi connectivity index (χ2n) is 7.32. The van der Waals surface area contributed by atoms with E-state index in [1.54, 1.807) is 7.11 Å². The quantitative estimate of drug-likeness (QED) is 0.339. The van der Waals surface area contributed by atoms with Crippen LogP contribution in [0.4, 0.5) is 0 Å². The van der Waals surface area contributed by atoms with Gasteiger partial charge in [0.25, 0.3) is 0 Å². The van der Waals surface area contributed by atoms with Crippen LogP contribution in [-0.4, -0.2) is 54.4 Å². The van der Waals surface area contributed by atoms with E-state index in [0.29, 0.717) is 5.92 Å². The van der Waals surface area contributed by atoms with E-state index in [4.69, 9.17) is 4.74 Å². The number of aliphatic imine (C=N–C) groups is 1. The SMILES string of the molecule is CN=C(NCc1ccnn1C)NCC1CCN(Cc2ccc(OC)cc2)CC1.I. The fourth-order valence-corrected chi connectivity index (χ4v) is 3.55. The van der Waals surface area contributed by atoms with Crippen LogP contribution in [0.3, 0.4) is 0 Å². The van der Waals surface area contributed by atoms with Gasteiger partial charge in [0.1, 0.15) is 5.75 Å². The van der Waals surface area contributed by atoms with E-state index in [0.717, 1.165) is 50.1 Å². The highest BCUT2D eigenvalue weighted by atomic mass is 127. The van der Waals surface area contributed by atoms with Gasteiger partial charge in [-0.05, 0) is 55.6 Å². The van der Waals surface area contributed by atoms with Gasteiger partial charge in [0.15, 0.2) is 5.96 Å². The number of aromatic nitrogens is 2. The molecule has 2 aromatic rings. The molecule has 0 unspecified atom stereocenters. The van der Waals surface area contributed by atoms with Crippen LogP contribution in [0.2, 0.25) is 0 Å². The smallest absolute Gasteiger partial charge is 0.191 e. The normalized spacial score (nSPS) is 15.6. The number of guanidine groups is 1. The Balaban J connectivity index is 0.00000300. The first-order valence-electron chi connectivity index (χ1n) is 9.94. The van der Waals surface area contributed by atoms with E-state index in [1.165, 1.54) is 18.4 Å². The summed E-state index contributed by atoms with van der Waals surface area (Å²) in [4.78, 5) is 6.87. The lowest BCUT2D eigenvalue weighted by Crippen LogP contribution is -2.42. The van der Waals surface area contributed by atoms with Gasteiger partial charge in [0.05, 0.1) is 19.3 Å². The topological polar surface area (TPSA) is 66.7 Å². The Hall–Kier alpha value is -1.81. The zero-order valence-corrected chi connectivity index (χ0v) is 19.9. The lowest BCUT2D eigenvalue weighted by molar-refractivity contribution is 0.178. The Morgan fingerprint density at radius 1 is 1.17 bits per heavy atom. The maximum atomic E-state index is 5.23. The minimum Gasteiger partial charge on any atom is -0.497 e. The molecule has 7 nitrogen and oxygen atoms in total. The van der Waals surface area contributed by atoms with E-state index in [1.807, 2.05) is 43.2 Å². The van der Waals surface area contributed by atoms with Crippen molar-refractivity contribution in [1.29, 1.82) is 0 Å². The van der Waals surface area contributed by atoms with Gasteiger partial charge in [-0.2, -0.15) is 5.10 Å². The second kappa shape index (κ2) is 12.0. The monoisotopic (exact) mass is 512 g/mol. The van der Waals surface area contributed by atoms with Crippen LogP contribution in [-0.2, 0) is 20.1 Å². The number of benzene rings is 1. The van der Waals surface area contributed by atoms with Gasteiger partial charge in [-0.25, -0.2) is 0 Å². The van der Waals surface area contributed by atoms with Crippen molar-refractivity contribution in [2.24, 2.45) is 18.0 Å². The molecule has 0 bridgehead atoms. The zero-order valence-electron chi connectivity index (χ0n) is 17.6. The van der Waals surface area contributed by atoms with Crippen molar-refractivity contribution in [1.82, 2.24) is 25.3 Å². The molecule has 1 aromatic heterocycles. The van der Waals surface area contributed by atoms with Gasteiger partial charge >= 0.3 is 0 Å². The van der Waals surface area contributed by atoms with E-state index >= 15 is 0 Å². The number of ether oxygens (including phenoxy) is 1. The molecule has 160 valence electrons. The Bertz CT molecular complexity index is 753. The zero-order chi connectivity index (χ0) is 19.8. The molecule has 29 heavy (non-hydrogen) atoms. The van der Waals surface area contributed by atoms with Gasteiger partial charge in [0.2, 0.25) is 0 Å². The van der Waals surface area contributed by atoms with Crippen LogP contribution in [0, 0.1) is 5.92 Å². The average molecular weight is 512 g/mol. The summed E-state index contributed by atoms with van der Waals surface area (Å²) < 4.78 is 7.11. The van der Waals surface area contributed by atoms with Crippen LogP contribution < -0.4 is 15.4 Å². The second-order valence-corrected chi connectivity index (χ2v) is 7.32. The Morgan fingerprint density at radius 2 is 1.90 bits per heavy atom. The molecule has 1 fully saturated rings. The van der Waals surface area contributed by atoms with Crippen LogP contribution >= 0.6 is 24.0 Å². The summed E-state index contributed by atoms with van der Waals surface area (Å²) in [5, 5.41) is 11.0. The predicted octanol–water partition coefficient (Wildman–Crippen LogP) is 2.62. The molecule has 1 aliphatic heterocycles. The Labute approximate surface area is 190 Å². The maximum absolute atomic E-state index is 5.23. The number of hydrogen-bond acceptors (Lipinski definition) is 4. The van der Waals surface area contributed by atoms with E-state index < -0.39 is 0 Å². The van der Waals surface area contributed by atoms with Crippen LogP contribution in [0.1, 0.15) is 24.1 Å². The summed E-state index contributed by atoms with van der Waals surface area (Å²) in [5.41, 5.74) is 2.48. The van der Waals surface area contributed by atoms with E-state index in [9.17, 15) is 0 Å². The molecule has 2 N–H and O–H groups in total. The number of nitrogens with one attached hydrogen (secondary N) is 2. The summed E-state index contributed by atoms with van der Waals surface area (Å²) >= 11 is 0. The van der Waals surface area contributed by atoms with Crippen molar-refractivity contribution >= 4 is 29.9 Å². The van der Waals surface area contributed by atoms with Crippen LogP contribution in [0.5, 0.6) is 5.75 Å². The number of halogens is 1. The summed E-state index contributed by atoms with van der Waals surface area (Å²) in [5.74, 6) is 2.45. The number of aryl methyl sites for hydroxylation is 1. The third-order valence-corrected chi connectivity index (χ3v) is 5.41. The lowest BCUT2D eigenvalue weighted by atomic mass is 9.96. The summed E-state index contributed by atoms with van der Waals surface area (Å²) in [6.45, 7) is 4.97. The first-order chi connectivity index (χ1) is 13.7. The van der Waals surface area contributed by atoms with Crippen LogP contribution in [0.25, 0.3) is 0 Å². The lowest BCUT2D eigenvalue weighted by Gasteiger charge is -2.32. The molecule has 0 amide bonds. The molecule has 3 rings (SSSR count). The third kappa shape index (κ3) is 7.18. The molecule has 0 saturated carbocycles. The summed E-state index contributed by atoms with van der Waals surface area (Å²) in [6, 6.07) is 10.4.